The third-order valence-corrected chi connectivity index (χ3v) is 3.93. The molecule has 0 radical (unpaired) electrons. The van der Waals surface area contributed by atoms with Gasteiger partial charge in [-0.3, -0.25) is 4.79 Å². The molecule has 3 rings (SSSR count). The number of hydrogen-bond acceptors (Lipinski definition) is 4. The van der Waals surface area contributed by atoms with Crippen molar-refractivity contribution in [3.8, 4) is 5.75 Å². The second-order valence-electron chi connectivity index (χ2n) is 6.50. The monoisotopic (exact) mass is 361 g/mol. The maximum atomic E-state index is 11.7. The highest BCUT2D eigenvalue weighted by atomic mass is 16.5. The van der Waals surface area contributed by atoms with Gasteiger partial charge in [-0.15, -0.1) is 0 Å². The lowest BCUT2D eigenvalue weighted by Gasteiger charge is -2.10. The van der Waals surface area contributed by atoms with Crippen molar-refractivity contribution in [3.63, 3.8) is 0 Å². The largest absolute Gasteiger partial charge is 0.489 e. The van der Waals surface area contributed by atoms with Crippen molar-refractivity contribution in [2.24, 2.45) is 5.92 Å². The quantitative estimate of drug-likeness (QED) is 0.622. The van der Waals surface area contributed by atoms with Crippen molar-refractivity contribution in [1.29, 1.82) is 0 Å². The molecule has 0 saturated heterocycles. The molecule has 27 heavy (non-hydrogen) atoms. The number of carbonyl (C=O) groups excluding carboxylic acids is 1. The molecule has 138 valence electrons. The number of nitrogens with one attached hydrogen (secondary N) is 2. The Bertz CT molecular complexity index is 860. The van der Waals surface area contributed by atoms with Crippen LogP contribution < -0.4 is 15.4 Å². The number of aromatic nitrogens is 1. The molecule has 5 nitrogen and oxygen atoms in total. The first-order valence-corrected chi connectivity index (χ1v) is 8.91. The summed E-state index contributed by atoms with van der Waals surface area (Å²) in [5.74, 6) is 1.42. The maximum Gasteiger partial charge on any atom is 0.226 e. The molecule has 0 spiro atoms. The van der Waals surface area contributed by atoms with E-state index >= 15 is 0 Å². The molecule has 0 atom stereocenters. The van der Waals surface area contributed by atoms with Crippen LogP contribution in [0.3, 0.4) is 0 Å². The Morgan fingerprint density at radius 1 is 0.963 bits per heavy atom. The molecule has 0 aliphatic rings. The minimum atomic E-state index is -0.0644. The van der Waals surface area contributed by atoms with Gasteiger partial charge < -0.3 is 15.4 Å². The Morgan fingerprint density at radius 3 is 2.30 bits per heavy atom. The van der Waals surface area contributed by atoms with Crippen LogP contribution >= 0.6 is 0 Å². The molecular weight excluding hydrogens is 338 g/mol. The summed E-state index contributed by atoms with van der Waals surface area (Å²) < 4.78 is 5.79. The van der Waals surface area contributed by atoms with Gasteiger partial charge in [-0.2, -0.15) is 0 Å². The summed E-state index contributed by atoms with van der Waals surface area (Å²) in [5, 5.41) is 6.05. The Kier molecular flexibility index (Phi) is 6.05. The molecular formula is C22H23N3O2. The van der Waals surface area contributed by atoms with Gasteiger partial charge in [-0.25, -0.2) is 4.98 Å². The lowest BCUT2D eigenvalue weighted by atomic mass is 10.2. The van der Waals surface area contributed by atoms with Gasteiger partial charge in [0, 0.05) is 11.6 Å². The van der Waals surface area contributed by atoms with E-state index in [-0.39, 0.29) is 11.8 Å². The average Bonchev–Trinajstić information content (AvgIpc) is 2.69. The number of pyridine rings is 1. The van der Waals surface area contributed by atoms with Gasteiger partial charge in [0.2, 0.25) is 5.91 Å². The fraction of sp³-hybridized carbons (Fsp3) is 0.182. The Labute approximate surface area is 159 Å². The number of carbonyl (C=O) groups is 1. The third-order valence-electron chi connectivity index (χ3n) is 3.93. The Hall–Kier alpha value is -3.34. The number of hydrogen-bond donors (Lipinski definition) is 2. The maximum absolute atomic E-state index is 11.7. The average molecular weight is 361 g/mol. The van der Waals surface area contributed by atoms with Gasteiger partial charge in [-0.1, -0.05) is 44.2 Å². The van der Waals surface area contributed by atoms with E-state index in [1.165, 1.54) is 0 Å². The van der Waals surface area contributed by atoms with E-state index in [2.05, 4.69) is 15.6 Å². The third kappa shape index (κ3) is 5.57. The van der Waals surface area contributed by atoms with Crippen molar-refractivity contribution < 1.29 is 9.53 Å². The standard InChI is InChI=1S/C22H23N3O2/c1-16(2)22(26)25-19-10-13-21(23-14-19)24-18-8-11-20(12-9-18)27-15-17-6-4-3-5-7-17/h3-14,16H,15H2,1-2H3,(H,23,24)(H,25,26). The van der Waals surface area contributed by atoms with E-state index in [9.17, 15) is 4.79 Å². The summed E-state index contributed by atoms with van der Waals surface area (Å²) in [5.41, 5.74) is 2.73. The number of anilines is 3. The summed E-state index contributed by atoms with van der Waals surface area (Å²) in [6.07, 6.45) is 1.64. The second kappa shape index (κ2) is 8.85. The van der Waals surface area contributed by atoms with Gasteiger partial charge in [0.25, 0.3) is 0 Å². The first-order valence-electron chi connectivity index (χ1n) is 8.91. The Balaban J connectivity index is 1.54. The second-order valence-corrected chi connectivity index (χ2v) is 6.50. The minimum absolute atomic E-state index is 0.0244. The normalized spacial score (nSPS) is 10.5. The highest BCUT2D eigenvalue weighted by Gasteiger charge is 2.07. The summed E-state index contributed by atoms with van der Waals surface area (Å²) in [7, 11) is 0. The van der Waals surface area contributed by atoms with Crippen LogP contribution in [0, 0.1) is 5.92 Å². The van der Waals surface area contributed by atoms with Crippen LogP contribution in [0.25, 0.3) is 0 Å². The molecule has 1 heterocycles. The number of ether oxygens (including phenoxy) is 1. The molecule has 0 aliphatic heterocycles. The smallest absolute Gasteiger partial charge is 0.226 e. The molecule has 0 fully saturated rings. The molecule has 3 aromatic rings. The zero-order valence-corrected chi connectivity index (χ0v) is 15.5. The molecule has 1 amide bonds. The van der Waals surface area contributed by atoms with Gasteiger partial charge in [-0.05, 0) is 42.0 Å². The van der Waals surface area contributed by atoms with E-state index in [1.54, 1.807) is 6.20 Å². The predicted octanol–water partition coefficient (Wildman–Crippen LogP) is 5.00. The van der Waals surface area contributed by atoms with Gasteiger partial charge in [0.1, 0.15) is 18.2 Å². The summed E-state index contributed by atoms with van der Waals surface area (Å²) >= 11 is 0. The molecule has 5 heteroatoms. The van der Waals surface area contributed by atoms with Crippen LogP contribution in [0.2, 0.25) is 0 Å². The fourth-order valence-electron chi connectivity index (χ4n) is 2.35. The first kappa shape index (κ1) is 18.5. The molecule has 2 N–H and O–H groups in total. The van der Waals surface area contributed by atoms with Gasteiger partial charge >= 0.3 is 0 Å². The zero-order valence-electron chi connectivity index (χ0n) is 15.5. The minimum Gasteiger partial charge on any atom is -0.489 e. The molecule has 0 saturated carbocycles. The highest BCUT2D eigenvalue weighted by Crippen LogP contribution is 2.20. The van der Waals surface area contributed by atoms with Crippen molar-refractivity contribution in [3.05, 3.63) is 78.5 Å². The predicted molar refractivity (Wildman–Crippen MR) is 108 cm³/mol. The number of amides is 1. The van der Waals surface area contributed by atoms with Crippen LogP contribution in [-0.4, -0.2) is 10.9 Å². The summed E-state index contributed by atoms with van der Waals surface area (Å²) in [6, 6.07) is 21.4. The van der Waals surface area contributed by atoms with Crippen LogP contribution in [0.4, 0.5) is 17.2 Å². The van der Waals surface area contributed by atoms with Crippen molar-refractivity contribution in [1.82, 2.24) is 4.98 Å². The highest BCUT2D eigenvalue weighted by molar-refractivity contribution is 5.91. The topological polar surface area (TPSA) is 63.2 Å². The molecule has 0 bridgehead atoms. The van der Waals surface area contributed by atoms with E-state index < -0.39 is 0 Å². The van der Waals surface area contributed by atoms with Crippen molar-refractivity contribution >= 4 is 23.1 Å². The lowest BCUT2D eigenvalue weighted by molar-refractivity contribution is -0.118. The summed E-state index contributed by atoms with van der Waals surface area (Å²) in [6.45, 7) is 4.25. The van der Waals surface area contributed by atoms with E-state index in [4.69, 9.17) is 4.74 Å². The van der Waals surface area contributed by atoms with Crippen LogP contribution in [0.5, 0.6) is 5.75 Å². The van der Waals surface area contributed by atoms with Gasteiger partial charge in [0.05, 0.1) is 11.9 Å². The van der Waals surface area contributed by atoms with Crippen LogP contribution in [-0.2, 0) is 11.4 Å². The molecule has 0 aliphatic carbocycles. The van der Waals surface area contributed by atoms with Crippen molar-refractivity contribution in [2.45, 2.75) is 20.5 Å². The lowest BCUT2D eigenvalue weighted by Crippen LogP contribution is -2.17. The van der Waals surface area contributed by atoms with E-state index in [0.717, 1.165) is 17.0 Å². The molecule has 2 aromatic carbocycles. The van der Waals surface area contributed by atoms with E-state index in [1.807, 2.05) is 80.6 Å². The van der Waals surface area contributed by atoms with E-state index in [0.29, 0.717) is 18.1 Å². The zero-order chi connectivity index (χ0) is 19.1. The number of rotatable bonds is 7. The summed E-state index contributed by atoms with van der Waals surface area (Å²) in [4.78, 5) is 16.0. The number of benzene rings is 2. The fourth-order valence-corrected chi connectivity index (χ4v) is 2.35. The SMILES string of the molecule is CC(C)C(=O)Nc1ccc(Nc2ccc(OCc3ccccc3)cc2)nc1. The van der Waals surface area contributed by atoms with Crippen molar-refractivity contribution in [2.75, 3.05) is 10.6 Å². The molecule has 1 aromatic heterocycles. The van der Waals surface area contributed by atoms with Crippen LogP contribution in [0.15, 0.2) is 72.9 Å². The molecule has 0 unspecified atom stereocenters. The Morgan fingerprint density at radius 2 is 1.67 bits per heavy atom. The first-order chi connectivity index (χ1) is 13.1. The number of nitrogens with zero attached hydrogens (tertiary/aromatic N) is 1. The van der Waals surface area contributed by atoms with Gasteiger partial charge in [0.15, 0.2) is 0 Å². The van der Waals surface area contributed by atoms with Crippen LogP contribution in [0.1, 0.15) is 19.4 Å².